The van der Waals surface area contributed by atoms with Crippen LogP contribution < -0.4 is 11.5 Å². The second-order valence-electron chi connectivity index (χ2n) is 2.13. The molecule has 12 heavy (non-hydrogen) atoms. The van der Waals surface area contributed by atoms with Crippen molar-refractivity contribution in [2.45, 2.75) is 0 Å². The van der Waals surface area contributed by atoms with E-state index in [4.69, 9.17) is 35.9 Å². The number of rotatable bonds is 2. The highest BCUT2D eigenvalue weighted by molar-refractivity contribution is 7.81. The fraction of sp³-hybridized carbons (Fsp3) is 0. The van der Waals surface area contributed by atoms with Crippen LogP contribution in [0.4, 0.5) is 0 Å². The van der Waals surface area contributed by atoms with E-state index in [9.17, 15) is 0 Å². The maximum absolute atomic E-state index is 5.43. The van der Waals surface area contributed by atoms with E-state index < -0.39 is 0 Å². The molecule has 5 heteroatoms. The van der Waals surface area contributed by atoms with E-state index in [0.717, 1.165) is 0 Å². The minimum atomic E-state index is 0.207. The van der Waals surface area contributed by atoms with Crippen LogP contribution in [0.3, 0.4) is 0 Å². The summed E-state index contributed by atoms with van der Waals surface area (Å²) in [7, 11) is 0. The van der Waals surface area contributed by atoms with E-state index in [1.165, 1.54) is 0 Å². The summed E-state index contributed by atoms with van der Waals surface area (Å²) in [5.74, 6) is 0. The van der Waals surface area contributed by atoms with Crippen molar-refractivity contribution in [1.82, 2.24) is 4.98 Å². The van der Waals surface area contributed by atoms with E-state index in [2.05, 4.69) is 4.98 Å². The minimum absolute atomic E-state index is 0.207. The monoisotopic (exact) mass is 197 g/mol. The van der Waals surface area contributed by atoms with Gasteiger partial charge in [-0.3, -0.25) is 4.98 Å². The summed E-state index contributed by atoms with van der Waals surface area (Å²) < 4.78 is 0. The van der Waals surface area contributed by atoms with Crippen molar-refractivity contribution in [3.8, 4) is 0 Å². The molecule has 0 aliphatic carbocycles. The molecule has 1 aromatic heterocycles. The molecule has 0 saturated carbocycles. The van der Waals surface area contributed by atoms with Gasteiger partial charge in [0.15, 0.2) is 0 Å². The van der Waals surface area contributed by atoms with E-state index in [-0.39, 0.29) is 9.98 Å². The largest absolute Gasteiger partial charge is 0.389 e. The zero-order valence-electron chi connectivity index (χ0n) is 6.15. The van der Waals surface area contributed by atoms with Crippen LogP contribution in [0.2, 0.25) is 0 Å². The summed E-state index contributed by atoms with van der Waals surface area (Å²) >= 11 is 9.56. The predicted octanol–water partition coefficient (Wildman–Crippen LogP) is 0.350. The van der Waals surface area contributed by atoms with Gasteiger partial charge in [-0.2, -0.15) is 0 Å². The van der Waals surface area contributed by atoms with Crippen molar-refractivity contribution in [3.05, 3.63) is 29.6 Å². The SMILES string of the molecule is NC(=S)c1cccnc1C(N)=S. The lowest BCUT2D eigenvalue weighted by Crippen LogP contribution is -2.20. The average Bonchev–Trinajstić information content (AvgIpc) is 2.04. The van der Waals surface area contributed by atoms with Crippen LogP contribution >= 0.6 is 24.4 Å². The zero-order chi connectivity index (χ0) is 9.14. The highest BCUT2D eigenvalue weighted by atomic mass is 32.1. The van der Waals surface area contributed by atoms with E-state index in [1.54, 1.807) is 18.3 Å². The number of hydrogen-bond acceptors (Lipinski definition) is 3. The van der Waals surface area contributed by atoms with Crippen molar-refractivity contribution in [3.63, 3.8) is 0 Å². The fourth-order valence-electron chi connectivity index (χ4n) is 0.800. The molecule has 0 amide bonds. The first-order chi connectivity index (χ1) is 5.63. The Morgan fingerprint density at radius 3 is 2.33 bits per heavy atom. The summed E-state index contributed by atoms with van der Waals surface area (Å²) in [6, 6.07) is 3.47. The van der Waals surface area contributed by atoms with Gasteiger partial charge in [-0.05, 0) is 12.1 Å². The number of hydrogen-bond donors (Lipinski definition) is 2. The number of nitrogens with zero attached hydrogens (tertiary/aromatic N) is 1. The molecule has 0 aromatic carbocycles. The van der Waals surface area contributed by atoms with Gasteiger partial charge in [-0.25, -0.2) is 0 Å². The summed E-state index contributed by atoms with van der Waals surface area (Å²) in [6.45, 7) is 0. The number of thiocarbonyl (C=S) groups is 2. The summed E-state index contributed by atoms with van der Waals surface area (Å²) in [5, 5.41) is 0. The van der Waals surface area contributed by atoms with Gasteiger partial charge in [0.05, 0.1) is 0 Å². The van der Waals surface area contributed by atoms with Crippen LogP contribution in [0.1, 0.15) is 11.3 Å². The summed E-state index contributed by atoms with van der Waals surface area (Å²) in [6.07, 6.45) is 1.59. The third kappa shape index (κ3) is 1.75. The molecule has 0 spiro atoms. The normalized spacial score (nSPS) is 9.33. The Kier molecular flexibility index (Phi) is 2.67. The van der Waals surface area contributed by atoms with Crippen LogP contribution in [-0.2, 0) is 0 Å². The lowest BCUT2D eigenvalue weighted by molar-refractivity contribution is 1.28. The van der Waals surface area contributed by atoms with Crippen molar-refractivity contribution >= 4 is 34.4 Å². The van der Waals surface area contributed by atoms with Gasteiger partial charge in [0, 0.05) is 11.8 Å². The van der Waals surface area contributed by atoms with Crippen LogP contribution in [0.25, 0.3) is 0 Å². The van der Waals surface area contributed by atoms with Gasteiger partial charge in [0.1, 0.15) is 15.7 Å². The Labute approximate surface area is 80.8 Å². The molecule has 1 rings (SSSR count). The third-order valence-corrected chi connectivity index (χ3v) is 1.72. The highest BCUT2D eigenvalue weighted by Gasteiger charge is 2.06. The molecule has 1 aromatic rings. The molecule has 0 atom stereocenters. The second-order valence-corrected chi connectivity index (χ2v) is 3.01. The zero-order valence-corrected chi connectivity index (χ0v) is 7.78. The molecule has 0 unspecified atom stereocenters. The maximum atomic E-state index is 5.43. The molecule has 0 radical (unpaired) electrons. The average molecular weight is 197 g/mol. The van der Waals surface area contributed by atoms with Gasteiger partial charge < -0.3 is 11.5 Å². The van der Waals surface area contributed by atoms with Gasteiger partial charge >= 0.3 is 0 Å². The topological polar surface area (TPSA) is 64.9 Å². The van der Waals surface area contributed by atoms with Gasteiger partial charge in [0.25, 0.3) is 0 Å². The van der Waals surface area contributed by atoms with Crippen LogP contribution in [0, 0.1) is 0 Å². The highest BCUT2D eigenvalue weighted by Crippen LogP contribution is 2.04. The maximum Gasteiger partial charge on any atom is 0.123 e. The number of nitrogens with two attached hydrogens (primary N) is 2. The predicted molar refractivity (Wildman–Crippen MR) is 56.0 cm³/mol. The molecule has 3 nitrogen and oxygen atoms in total. The molecule has 0 saturated heterocycles. The Morgan fingerprint density at radius 1 is 1.25 bits per heavy atom. The first-order valence-corrected chi connectivity index (χ1v) is 3.99. The molecule has 1 heterocycles. The second kappa shape index (κ2) is 3.55. The summed E-state index contributed by atoms with van der Waals surface area (Å²) in [4.78, 5) is 4.43. The molecule has 62 valence electrons. The van der Waals surface area contributed by atoms with E-state index >= 15 is 0 Å². The van der Waals surface area contributed by atoms with Crippen LogP contribution in [0.15, 0.2) is 18.3 Å². The number of aromatic nitrogens is 1. The molecular weight excluding hydrogens is 190 g/mol. The van der Waals surface area contributed by atoms with Gasteiger partial charge in [-0.15, -0.1) is 0 Å². The van der Waals surface area contributed by atoms with Crippen molar-refractivity contribution in [1.29, 1.82) is 0 Å². The van der Waals surface area contributed by atoms with E-state index in [0.29, 0.717) is 11.3 Å². The third-order valence-electron chi connectivity index (χ3n) is 1.31. The number of pyridine rings is 1. The smallest absolute Gasteiger partial charge is 0.123 e. The summed E-state index contributed by atoms with van der Waals surface area (Å²) in [5.41, 5.74) is 11.9. The molecular formula is C7H7N3S2. The lowest BCUT2D eigenvalue weighted by atomic mass is 10.2. The fourth-order valence-corrected chi connectivity index (χ4v) is 1.13. The molecule has 4 N–H and O–H groups in total. The first-order valence-electron chi connectivity index (χ1n) is 3.17. The molecule has 0 fully saturated rings. The Morgan fingerprint density at radius 2 is 1.92 bits per heavy atom. The molecule has 0 bridgehead atoms. The van der Waals surface area contributed by atoms with Gasteiger partial charge in [-0.1, -0.05) is 24.4 Å². The minimum Gasteiger partial charge on any atom is -0.389 e. The Bertz CT molecular complexity index is 302. The van der Waals surface area contributed by atoms with Gasteiger partial charge in [0.2, 0.25) is 0 Å². The van der Waals surface area contributed by atoms with Crippen molar-refractivity contribution < 1.29 is 0 Å². The molecule has 0 aliphatic heterocycles. The Balaban J connectivity index is 3.27. The molecule has 0 aliphatic rings. The van der Waals surface area contributed by atoms with Crippen LogP contribution in [0.5, 0.6) is 0 Å². The Hall–Kier alpha value is -1.07. The van der Waals surface area contributed by atoms with Crippen LogP contribution in [-0.4, -0.2) is 15.0 Å². The van der Waals surface area contributed by atoms with E-state index in [1.807, 2.05) is 0 Å². The lowest BCUT2D eigenvalue weighted by Gasteiger charge is -2.03. The van der Waals surface area contributed by atoms with Crippen molar-refractivity contribution in [2.75, 3.05) is 0 Å². The van der Waals surface area contributed by atoms with Crippen molar-refractivity contribution in [2.24, 2.45) is 11.5 Å². The quantitative estimate of drug-likeness (QED) is 0.670. The standard InChI is InChI=1S/C7H7N3S2/c8-6(11)4-2-1-3-10-5(4)7(9)12/h1-3H,(H2,8,11)(H2,9,12). The first kappa shape index (κ1) is 9.02.